The largest absolute Gasteiger partial charge is 0.445 e. The molecule has 0 aliphatic heterocycles. The highest BCUT2D eigenvalue weighted by Gasteiger charge is 2.19. The number of oxazole rings is 1. The Balaban J connectivity index is 2.21. The third-order valence-corrected chi connectivity index (χ3v) is 3.50. The Kier molecular flexibility index (Phi) is 5.39. The molecule has 2 amide bonds. The van der Waals surface area contributed by atoms with E-state index in [0.29, 0.717) is 11.6 Å². The van der Waals surface area contributed by atoms with E-state index >= 15 is 0 Å². The lowest BCUT2D eigenvalue weighted by Crippen LogP contribution is -2.43. The number of aryl methyl sites for hydroxylation is 1. The maximum atomic E-state index is 12.5. The van der Waals surface area contributed by atoms with E-state index in [4.69, 9.17) is 4.42 Å². The highest BCUT2D eigenvalue weighted by atomic mass is 16.3. The van der Waals surface area contributed by atoms with Crippen molar-refractivity contribution in [2.45, 2.75) is 39.8 Å². The Bertz CT molecular complexity index is 651. The van der Waals surface area contributed by atoms with Crippen LogP contribution in [0.1, 0.15) is 26.3 Å². The van der Waals surface area contributed by atoms with E-state index in [9.17, 15) is 9.90 Å². The molecular formula is C17H23N3O3. The average molecular weight is 317 g/mol. The first-order valence-electron chi connectivity index (χ1n) is 7.64. The van der Waals surface area contributed by atoms with Gasteiger partial charge in [0.05, 0.1) is 12.3 Å². The molecule has 1 aromatic carbocycles. The van der Waals surface area contributed by atoms with Crippen molar-refractivity contribution in [3.63, 3.8) is 0 Å². The molecule has 6 nitrogen and oxygen atoms in total. The molecule has 0 saturated carbocycles. The van der Waals surface area contributed by atoms with Crippen LogP contribution in [0, 0.1) is 6.92 Å². The van der Waals surface area contributed by atoms with E-state index in [1.807, 2.05) is 39.0 Å². The van der Waals surface area contributed by atoms with Gasteiger partial charge < -0.3 is 19.7 Å². The van der Waals surface area contributed by atoms with Crippen LogP contribution in [0.4, 0.5) is 10.5 Å². The van der Waals surface area contributed by atoms with Crippen molar-refractivity contribution < 1.29 is 14.3 Å². The minimum absolute atomic E-state index is 0.0140. The maximum Gasteiger partial charge on any atom is 0.322 e. The van der Waals surface area contributed by atoms with Crippen molar-refractivity contribution >= 4 is 11.7 Å². The molecule has 23 heavy (non-hydrogen) atoms. The first-order valence-corrected chi connectivity index (χ1v) is 7.64. The highest BCUT2D eigenvalue weighted by Crippen LogP contribution is 2.24. The van der Waals surface area contributed by atoms with Crippen LogP contribution >= 0.6 is 0 Å². The van der Waals surface area contributed by atoms with Gasteiger partial charge in [0.2, 0.25) is 5.89 Å². The van der Waals surface area contributed by atoms with E-state index in [0.717, 1.165) is 11.1 Å². The zero-order valence-corrected chi connectivity index (χ0v) is 13.9. The molecule has 2 N–H and O–H groups in total. The Morgan fingerprint density at radius 1 is 1.39 bits per heavy atom. The van der Waals surface area contributed by atoms with Gasteiger partial charge in [-0.05, 0) is 45.4 Å². The van der Waals surface area contributed by atoms with Crippen molar-refractivity contribution in [2.75, 3.05) is 11.9 Å². The third-order valence-electron chi connectivity index (χ3n) is 3.50. The molecule has 0 spiro atoms. The van der Waals surface area contributed by atoms with Crippen LogP contribution in [-0.4, -0.2) is 39.7 Å². The number of nitrogens with zero attached hydrogens (tertiary/aromatic N) is 2. The number of urea groups is 1. The third kappa shape index (κ3) is 4.32. The van der Waals surface area contributed by atoms with E-state index in [1.165, 1.54) is 6.26 Å². The Labute approximate surface area is 136 Å². The first-order chi connectivity index (χ1) is 10.9. The summed E-state index contributed by atoms with van der Waals surface area (Å²) in [4.78, 5) is 18.2. The van der Waals surface area contributed by atoms with Crippen LogP contribution in [0.3, 0.4) is 0 Å². The van der Waals surface area contributed by atoms with Crippen molar-refractivity contribution in [2.24, 2.45) is 0 Å². The Morgan fingerprint density at radius 2 is 2.13 bits per heavy atom. The number of hydrogen-bond acceptors (Lipinski definition) is 4. The van der Waals surface area contributed by atoms with Gasteiger partial charge in [-0.3, -0.25) is 0 Å². The normalized spacial score (nSPS) is 12.3. The quantitative estimate of drug-likeness (QED) is 0.887. The standard InChI is InChI=1S/C17H23N3O3/c1-11(2)20(10-13(4)21)17(22)19-15-9-14(6-5-12(15)3)16-18-7-8-23-16/h5-9,11,13,21H,10H2,1-4H3,(H,19,22). The number of hydrogen-bond donors (Lipinski definition) is 2. The summed E-state index contributed by atoms with van der Waals surface area (Å²) in [5.74, 6) is 0.505. The van der Waals surface area contributed by atoms with Gasteiger partial charge in [-0.25, -0.2) is 9.78 Å². The van der Waals surface area contributed by atoms with Gasteiger partial charge in [0.15, 0.2) is 0 Å². The summed E-state index contributed by atoms with van der Waals surface area (Å²) in [5.41, 5.74) is 2.43. The second kappa shape index (κ2) is 7.28. The van der Waals surface area contributed by atoms with Crippen molar-refractivity contribution in [3.05, 3.63) is 36.2 Å². The summed E-state index contributed by atoms with van der Waals surface area (Å²) in [6.45, 7) is 7.69. The number of aliphatic hydroxyl groups excluding tert-OH is 1. The van der Waals surface area contributed by atoms with Crippen molar-refractivity contribution in [1.29, 1.82) is 0 Å². The van der Waals surface area contributed by atoms with E-state index in [1.54, 1.807) is 18.0 Å². The molecular weight excluding hydrogens is 294 g/mol. The summed E-state index contributed by atoms with van der Waals surface area (Å²) in [6, 6.07) is 5.38. The van der Waals surface area contributed by atoms with Gasteiger partial charge >= 0.3 is 6.03 Å². The van der Waals surface area contributed by atoms with Crippen LogP contribution in [0.15, 0.2) is 35.1 Å². The summed E-state index contributed by atoms with van der Waals surface area (Å²) < 4.78 is 5.29. The minimum atomic E-state index is -0.581. The summed E-state index contributed by atoms with van der Waals surface area (Å²) in [5, 5.41) is 12.5. The number of rotatable bonds is 5. The van der Waals surface area contributed by atoms with Gasteiger partial charge in [0, 0.05) is 23.8 Å². The molecule has 1 heterocycles. The summed E-state index contributed by atoms with van der Waals surface area (Å²) >= 11 is 0. The zero-order valence-electron chi connectivity index (χ0n) is 13.9. The minimum Gasteiger partial charge on any atom is -0.445 e. The Morgan fingerprint density at radius 3 is 2.70 bits per heavy atom. The predicted octanol–water partition coefficient (Wildman–Crippen LogP) is 3.27. The molecule has 0 saturated heterocycles. The number of amides is 2. The number of nitrogens with one attached hydrogen (secondary N) is 1. The number of aliphatic hydroxyl groups is 1. The second-order valence-electron chi connectivity index (χ2n) is 5.89. The molecule has 0 radical (unpaired) electrons. The highest BCUT2D eigenvalue weighted by molar-refractivity contribution is 5.91. The first kappa shape index (κ1) is 17.0. The maximum absolute atomic E-state index is 12.5. The fourth-order valence-electron chi connectivity index (χ4n) is 2.26. The molecule has 0 bridgehead atoms. The average Bonchev–Trinajstić information content (AvgIpc) is 3.00. The monoisotopic (exact) mass is 317 g/mol. The molecule has 1 aromatic heterocycles. The molecule has 0 fully saturated rings. The van der Waals surface area contributed by atoms with Crippen LogP contribution in [-0.2, 0) is 0 Å². The molecule has 0 aliphatic rings. The number of anilines is 1. The van der Waals surface area contributed by atoms with Crippen molar-refractivity contribution in [1.82, 2.24) is 9.88 Å². The van der Waals surface area contributed by atoms with E-state index < -0.39 is 6.10 Å². The molecule has 1 atom stereocenters. The van der Waals surface area contributed by atoms with Gasteiger partial charge in [-0.1, -0.05) is 6.07 Å². The molecule has 2 aromatic rings. The molecule has 1 unspecified atom stereocenters. The molecule has 2 rings (SSSR count). The summed E-state index contributed by atoms with van der Waals surface area (Å²) in [6.07, 6.45) is 2.51. The summed E-state index contributed by atoms with van der Waals surface area (Å²) in [7, 11) is 0. The fraction of sp³-hybridized carbons (Fsp3) is 0.412. The van der Waals surface area contributed by atoms with E-state index in [-0.39, 0.29) is 18.6 Å². The topological polar surface area (TPSA) is 78.6 Å². The Hall–Kier alpha value is -2.34. The van der Waals surface area contributed by atoms with Crippen LogP contribution < -0.4 is 5.32 Å². The predicted molar refractivity (Wildman–Crippen MR) is 89.2 cm³/mol. The van der Waals surface area contributed by atoms with Crippen LogP contribution in [0.25, 0.3) is 11.5 Å². The number of carbonyl (C=O) groups is 1. The van der Waals surface area contributed by atoms with Crippen LogP contribution in [0.2, 0.25) is 0 Å². The van der Waals surface area contributed by atoms with Gasteiger partial charge in [-0.15, -0.1) is 0 Å². The SMILES string of the molecule is Cc1ccc(-c2ncco2)cc1NC(=O)N(CC(C)O)C(C)C. The zero-order chi connectivity index (χ0) is 17.0. The van der Waals surface area contributed by atoms with Crippen molar-refractivity contribution in [3.8, 4) is 11.5 Å². The van der Waals surface area contributed by atoms with Crippen LogP contribution in [0.5, 0.6) is 0 Å². The van der Waals surface area contributed by atoms with Gasteiger partial charge in [0.1, 0.15) is 6.26 Å². The second-order valence-corrected chi connectivity index (χ2v) is 5.89. The van der Waals surface area contributed by atoms with Gasteiger partial charge in [0.25, 0.3) is 0 Å². The van der Waals surface area contributed by atoms with E-state index in [2.05, 4.69) is 10.3 Å². The fourth-order valence-corrected chi connectivity index (χ4v) is 2.26. The number of carbonyl (C=O) groups excluding carboxylic acids is 1. The van der Waals surface area contributed by atoms with Gasteiger partial charge in [-0.2, -0.15) is 0 Å². The molecule has 0 aliphatic carbocycles. The lowest BCUT2D eigenvalue weighted by Gasteiger charge is -2.28. The lowest BCUT2D eigenvalue weighted by molar-refractivity contribution is 0.125. The lowest BCUT2D eigenvalue weighted by atomic mass is 10.1. The molecule has 6 heteroatoms. The molecule has 124 valence electrons. The number of benzene rings is 1. The number of aromatic nitrogens is 1. The smallest absolute Gasteiger partial charge is 0.322 e.